The van der Waals surface area contributed by atoms with Gasteiger partial charge in [-0.2, -0.15) is 0 Å². The van der Waals surface area contributed by atoms with Crippen LogP contribution in [0.1, 0.15) is 44.7 Å². The molecule has 1 saturated heterocycles. The average molecular weight is 276 g/mol. The van der Waals surface area contributed by atoms with Gasteiger partial charge in [0.1, 0.15) is 5.75 Å². The van der Waals surface area contributed by atoms with E-state index in [1.807, 2.05) is 6.92 Å². The second-order valence-corrected chi connectivity index (χ2v) is 5.45. The summed E-state index contributed by atoms with van der Waals surface area (Å²) in [5.74, 6) is 0.978. The van der Waals surface area contributed by atoms with Crippen LogP contribution in [0.2, 0.25) is 0 Å². The summed E-state index contributed by atoms with van der Waals surface area (Å²) in [5, 5.41) is 3.44. The van der Waals surface area contributed by atoms with Crippen molar-refractivity contribution in [1.82, 2.24) is 10.2 Å². The largest absolute Gasteiger partial charge is 0.494 e. The molecule has 112 valence electrons. The van der Waals surface area contributed by atoms with Crippen molar-refractivity contribution in [2.24, 2.45) is 0 Å². The summed E-state index contributed by atoms with van der Waals surface area (Å²) in [5.41, 5.74) is 1.43. The predicted molar refractivity (Wildman–Crippen MR) is 84.3 cm³/mol. The molecule has 1 aliphatic heterocycles. The number of benzene rings is 1. The smallest absolute Gasteiger partial charge is 0.119 e. The van der Waals surface area contributed by atoms with Gasteiger partial charge < -0.3 is 10.1 Å². The molecule has 2 rings (SSSR count). The van der Waals surface area contributed by atoms with E-state index >= 15 is 0 Å². The Morgan fingerprint density at radius 1 is 1.15 bits per heavy atom. The Hall–Kier alpha value is -1.06. The third-order valence-corrected chi connectivity index (χ3v) is 4.00. The number of nitrogens with zero attached hydrogens (tertiary/aromatic N) is 1. The Labute approximate surface area is 123 Å². The van der Waals surface area contributed by atoms with Crippen molar-refractivity contribution in [2.75, 3.05) is 32.8 Å². The fourth-order valence-electron chi connectivity index (χ4n) is 2.90. The molecule has 1 fully saturated rings. The third-order valence-electron chi connectivity index (χ3n) is 4.00. The number of hydrogen-bond acceptors (Lipinski definition) is 3. The van der Waals surface area contributed by atoms with Crippen LogP contribution in [-0.4, -0.2) is 37.7 Å². The van der Waals surface area contributed by atoms with Gasteiger partial charge in [0, 0.05) is 32.2 Å². The zero-order valence-electron chi connectivity index (χ0n) is 12.9. The van der Waals surface area contributed by atoms with Gasteiger partial charge in [-0.1, -0.05) is 31.9 Å². The first-order chi connectivity index (χ1) is 9.85. The normalized spacial score (nSPS) is 17.9. The van der Waals surface area contributed by atoms with Crippen LogP contribution in [-0.2, 0) is 0 Å². The highest BCUT2D eigenvalue weighted by Crippen LogP contribution is 2.28. The van der Waals surface area contributed by atoms with Crippen LogP contribution in [0, 0.1) is 0 Å². The van der Waals surface area contributed by atoms with E-state index in [1.54, 1.807) is 0 Å². The van der Waals surface area contributed by atoms with Gasteiger partial charge in [-0.15, -0.1) is 0 Å². The molecule has 3 heteroatoms. The Bertz CT molecular complexity index is 371. The van der Waals surface area contributed by atoms with E-state index in [4.69, 9.17) is 4.74 Å². The molecule has 1 aromatic rings. The minimum absolute atomic E-state index is 0.563. The van der Waals surface area contributed by atoms with E-state index in [0.29, 0.717) is 6.04 Å². The van der Waals surface area contributed by atoms with Gasteiger partial charge in [0.05, 0.1) is 6.61 Å². The third kappa shape index (κ3) is 4.22. The Morgan fingerprint density at radius 2 is 1.85 bits per heavy atom. The summed E-state index contributed by atoms with van der Waals surface area (Å²) < 4.78 is 5.54. The average Bonchev–Trinajstić information content (AvgIpc) is 2.51. The van der Waals surface area contributed by atoms with Crippen molar-refractivity contribution in [3.63, 3.8) is 0 Å². The Balaban J connectivity index is 2.07. The van der Waals surface area contributed by atoms with Crippen molar-refractivity contribution in [1.29, 1.82) is 0 Å². The maximum absolute atomic E-state index is 5.54. The molecule has 0 unspecified atom stereocenters. The highest BCUT2D eigenvalue weighted by Gasteiger charge is 2.21. The molecule has 3 nitrogen and oxygen atoms in total. The first kappa shape index (κ1) is 15.3. The van der Waals surface area contributed by atoms with Crippen LogP contribution >= 0.6 is 0 Å². The quantitative estimate of drug-likeness (QED) is 0.827. The van der Waals surface area contributed by atoms with Gasteiger partial charge >= 0.3 is 0 Å². The summed E-state index contributed by atoms with van der Waals surface area (Å²) in [6.07, 6.45) is 3.81. The van der Waals surface area contributed by atoms with E-state index in [0.717, 1.165) is 38.5 Å². The minimum atomic E-state index is 0.563. The lowest BCUT2D eigenvalue weighted by molar-refractivity contribution is 0.163. The molecule has 1 N–H and O–H groups in total. The van der Waals surface area contributed by atoms with Gasteiger partial charge in [-0.05, 0) is 31.0 Å². The molecular weight excluding hydrogens is 248 g/mol. The molecule has 0 amide bonds. The fraction of sp³-hybridized carbons (Fsp3) is 0.647. The van der Waals surface area contributed by atoms with E-state index in [-0.39, 0.29) is 0 Å². The number of hydrogen-bond donors (Lipinski definition) is 1. The van der Waals surface area contributed by atoms with Crippen molar-refractivity contribution >= 4 is 0 Å². The molecule has 0 aliphatic carbocycles. The summed E-state index contributed by atoms with van der Waals surface area (Å²) in [6, 6.07) is 9.27. The predicted octanol–water partition coefficient (Wildman–Crippen LogP) is 3.22. The molecule has 0 spiro atoms. The minimum Gasteiger partial charge on any atom is -0.494 e. The molecule has 0 bridgehead atoms. The second kappa shape index (κ2) is 8.28. The summed E-state index contributed by atoms with van der Waals surface area (Å²) in [7, 11) is 0. The highest BCUT2D eigenvalue weighted by atomic mass is 16.5. The van der Waals surface area contributed by atoms with Crippen molar-refractivity contribution in [3.8, 4) is 5.75 Å². The van der Waals surface area contributed by atoms with Crippen LogP contribution < -0.4 is 10.1 Å². The SMILES string of the molecule is CCCC[C@@H](c1ccc(OCC)cc1)N1CCNCC1. The number of rotatable bonds is 7. The van der Waals surface area contributed by atoms with E-state index in [1.165, 1.54) is 24.8 Å². The molecule has 0 aromatic heterocycles. The Morgan fingerprint density at radius 3 is 2.45 bits per heavy atom. The standard InChI is InChI=1S/C17H28N2O/c1-3-5-6-17(19-13-11-18-12-14-19)15-7-9-16(10-8-15)20-4-2/h7-10,17-18H,3-6,11-14H2,1-2H3/t17-/m0/s1. The molecule has 20 heavy (non-hydrogen) atoms. The molecular formula is C17H28N2O. The van der Waals surface area contributed by atoms with Gasteiger partial charge in [0.15, 0.2) is 0 Å². The van der Waals surface area contributed by atoms with E-state index in [2.05, 4.69) is 41.4 Å². The second-order valence-electron chi connectivity index (χ2n) is 5.45. The molecule has 1 aliphatic rings. The lowest BCUT2D eigenvalue weighted by atomic mass is 9.98. The maximum atomic E-state index is 5.54. The zero-order valence-corrected chi connectivity index (χ0v) is 12.9. The van der Waals surface area contributed by atoms with Crippen molar-refractivity contribution < 1.29 is 4.74 Å². The van der Waals surface area contributed by atoms with Gasteiger partial charge in [0.25, 0.3) is 0 Å². The first-order valence-corrected chi connectivity index (χ1v) is 8.02. The maximum Gasteiger partial charge on any atom is 0.119 e. The van der Waals surface area contributed by atoms with E-state index < -0.39 is 0 Å². The number of piperazine rings is 1. The van der Waals surface area contributed by atoms with Crippen molar-refractivity contribution in [3.05, 3.63) is 29.8 Å². The Kier molecular flexibility index (Phi) is 6.34. The molecule has 0 radical (unpaired) electrons. The monoisotopic (exact) mass is 276 g/mol. The van der Waals surface area contributed by atoms with Crippen molar-refractivity contribution in [2.45, 2.75) is 39.2 Å². The van der Waals surface area contributed by atoms with Gasteiger partial charge in [-0.3, -0.25) is 4.90 Å². The first-order valence-electron chi connectivity index (χ1n) is 8.02. The molecule has 1 atom stereocenters. The zero-order chi connectivity index (χ0) is 14.2. The van der Waals surface area contributed by atoms with Crippen LogP contribution in [0.4, 0.5) is 0 Å². The lowest BCUT2D eigenvalue weighted by Gasteiger charge is -2.35. The summed E-state index contributed by atoms with van der Waals surface area (Å²) in [4.78, 5) is 2.63. The molecule has 1 heterocycles. The van der Waals surface area contributed by atoms with E-state index in [9.17, 15) is 0 Å². The number of unbranched alkanes of at least 4 members (excludes halogenated alkanes) is 1. The summed E-state index contributed by atoms with van der Waals surface area (Å²) >= 11 is 0. The highest BCUT2D eigenvalue weighted by molar-refractivity contribution is 5.29. The number of ether oxygens (including phenoxy) is 1. The van der Waals surface area contributed by atoms with Crippen LogP contribution in [0.25, 0.3) is 0 Å². The van der Waals surface area contributed by atoms with Crippen LogP contribution in [0.5, 0.6) is 5.75 Å². The topological polar surface area (TPSA) is 24.5 Å². The van der Waals surface area contributed by atoms with Gasteiger partial charge in [-0.25, -0.2) is 0 Å². The van der Waals surface area contributed by atoms with Crippen LogP contribution in [0.15, 0.2) is 24.3 Å². The summed E-state index contributed by atoms with van der Waals surface area (Å²) in [6.45, 7) is 9.56. The van der Waals surface area contributed by atoms with Crippen LogP contribution in [0.3, 0.4) is 0 Å². The number of nitrogens with one attached hydrogen (secondary N) is 1. The molecule has 0 saturated carbocycles. The van der Waals surface area contributed by atoms with Gasteiger partial charge in [0.2, 0.25) is 0 Å². The fourth-order valence-corrected chi connectivity index (χ4v) is 2.90. The lowest BCUT2D eigenvalue weighted by Crippen LogP contribution is -2.45. The molecule has 1 aromatic carbocycles.